The van der Waals surface area contributed by atoms with Gasteiger partial charge in [-0.2, -0.15) is 0 Å². The molecule has 0 rings (SSSR count). The molecule has 0 N–H and O–H groups in total. The summed E-state index contributed by atoms with van der Waals surface area (Å²) in [5.74, 6) is -0.314. The fourth-order valence-corrected chi connectivity index (χ4v) is 0.557. The Bertz CT molecular complexity index is 121. The van der Waals surface area contributed by atoms with Crippen molar-refractivity contribution < 1.29 is 32.4 Å². The average Bonchev–Trinajstić information content (AvgIpc) is 1.83. The molecule has 4 heteroatoms. The zero-order chi connectivity index (χ0) is 7.28. The molecule has 0 aliphatic rings. The molecule has 0 radical (unpaired) electrons. The number of rotatable bonds is 3. The zero-order valence-corrected chi connectivity index (χ0v) is 7.37. The Morgan fingerprint density at radius 2 is 2.00 bits per heavy atom. The number of carbonyl (C=O) groups excluding carboxylic acids is 2. The van der Waals surface area contributed by atoms with Gasteiger partial charge in [0.1, 0.15) is 0 Å². The van der Waals surface area contributed by atoms with Crippen molar-refractivity contribution in [1.29, 1.82) is 0 Å². The predicted octanol–water partition coefficient (Wildman–Crippen LogP) is 0.361. The molecule has 0 bridgehead atoms. The third kappa shape index (κ3) is 5.66. The van der Waals surface area contributed by atoms with Crippen molar-refractivity contribution in [2.45, 2.75) is 19.8 Å². The predicted molar refractivity (Wildman–Crippen MR) is 26.0 cm³/mol. The molecule has 0 aromatic rings. The van der Waals surface area contributed by atoms with Crippen molar-refractivity contribution in [2.24, 2.45) is 0 Å². The van der Waals surface area contributed by atoms with Crippen LogP contribution in [0.2, 0.25) is 0 Å². The van der Waals surface area contributed by atoms with Gasteiger partial charge >= 0.3 is 63.9 Å². The number of ketones is 1. The van der Waals surface area contributed by atoms with Crippen molar-refractivity contribution in [3.05, 3.63) is 0 Å². The molecule has 0 atom stereocenters. The van der Waals surface area contributed by atoms with Crippen molar-refractivity contribution in [3.8, 4) is 0 Å². The standard InChI is InChI=1S/C5H8O3.Ir/c1-4(6)2-3-5(7)8;/h2-3H2,1H3,(H,7,8);/q;+1/p-1. The van der Waals surface area contributed by atoms with E-state index in [9.17, 15) is 9.59 Å². The number of hydrogen-bond acceptors (Lipinski definition) is 3. The molecule has 0 fully saturated rings. The minimum absolute atomic E-state index is 0.0143. The molecular weight excluding hydrogens is 300 g/mol. The summed E-state index contributed by atoms with van der Waals surface area (Å²) in [6, 6.07) is 0. The van der Waals surface area contributed by atoms with Gasteiger partial charge in [0.15, 0.2) is 0 Å². The summed E-state index contributed by atoms with van der Waals surface area (Å²) in [6.07, 6.45) is 0.485. The average molecular weight is 307 g/mol. The van der Waals surface area contributed by atoms with Crippen LogP contribution in [0.3, 0.4) is 0 Å². The third-order valence-corrected chi connectivity index (χ3v) is 1.30. The molecule has 0 aromatic carbocycles. The molecule has 0 saturated heterocycles. The van der Waals surface area contributed by atoms with Gasteiger partial charge in [-0.25, -0.2) is 0 Å². The molecule has 54 valence electrons. The summed E-state index contributed by atoms with van der Waals surface area (Å²) in [5.41, 5.74) is 0. The van der Waals surface area contributed by atoms with Gasteiger partial charge in [-0.3, -0.25) is 0 Å². The Labute approximate surface area is 64.3 Å². The summed E-state index contributed by atoms with van der Waals surface area (Å²) < 4.78 is 4.31. The second-order valence-electron chi connectivity index (χ2n) is 1.64. The summed E-state index contributed by atoms with van der Waals surface area (Å²) in [5, 5.41) is 0. The van der Waals surface area contributed by atoms with E-state index in [1.807, 2.05) is 0 Å². The molecule has 9 heavy (non-hydrogen) atoms. The topological polar surface area (TPSA) is 43.4 Å². The van der Waals surface area contributed by atoms with E-state index in [1.54, 1.807) is 0 Å². The molecule has 0 unspecified atom stereocenters. The van der Waals surface area contributed by atoms with Crippen molar-refractivity contribution in [1.82, 2.24) is 0 Å². The van der Waals surface area contributed by atoms with E-state index >= 15 is 0 Å². The first kappa shape index (κ1) is 8.79. The van der Waals surface area contributed by atoms with Gasteiger partial charge in [-0.05, 0) is 0 Å². The van der Waals surface area contributed by atoms with Crippen molar-refractivity contribution in [2.75, 3.05) is 0 Å². The van der Waals surface area contributed by atoms with Crippen LogP contribution in [0, 0.1) is 0 Å². The number of hydrogen-bond donors (Lipinski definition) is 0. The molecule has 0 aromatic heterocycles. The van der Waals surface area contributed by atoms with E-state index in [4.69, 9.17) is 0 Å². The van der Waals surface area contributed by atoms with Gasteiger partial charge in [-0.15, -0.1) is 0 Å². The van der Waals surface area contributed by atoms with Crippen LogP contribution in [0.5, 0.6) is 0 Å². The van der Waals surface area contributed by atoms with Gasteiger partial charge in [0.2, 0.25) is 0 Å². The third-order valence-electron chi connectivity index (χ3n) is 0.757. The second kappa shape index (κ2) is 4.65. The molecule has 0 aliphatic heterocycles. The molecule has 0 aliphatic carbocycles. The fourth-order valence-electron chi connectivity index (χ4n) is 0.312. The van der Waals surface area contributed by atoms with Crippen molar-refractivity contribution >= 4 is 11.8 Å². The van der Waals surface area contributed by atoms with E-state index in [0.29, 0.717) is 0 Å². The molecule has 0 heterocycles. The van der Waals surface area contributed by atoms with E-state index in [-0.39, 0.29) is 24.6 Å². The summed E-state index contributed by atoms with van der Waals surface area (Å²) >= 11 is 1.31. The normalized spacial score (nSPS) is 8.78. The fraction of sp³-hybridized carbons (Fsp3) is 0.600. The Morgan fingerprint density at radius 3 is 2.33 bits per heavy atom. The molecule has 0 amide bonds. The van der Waals surface area contributed by atoms with E-state index < -0.39 is 0 Å². The van der Waals surface area contributed by atoms with Crippen LogP contribution in [0.15, 0.2) is 0 Å². The number of Topliss-reactive ketones (excluding diaryl/α,β-unsaturated/α-hetero) is 1. The van der Waals surface area contributed by atoms with Crippen LogP contribution in [-0.4, -0.2) is 11.8 Å². The molecular formula is C5H7IrO3. The zero-order valence-electron chi connectivity index (χ0n) is 4.97. The molecule has 3 nitrogen and oxygen atoms in total. The van der Waals surface area contributed by atoms with Crippen molar-refractivity contribution in [3.63, 3.8) is 0 Å². The summed E-state index contributed by atoms with van der Waals surface area (Å²) in [4.78, 5) is 20.6. The van der Waals surface area contributed by atoms with Crippen LogP contribution in [-0.2, 0) is 32.4 Å². The van der Waals surface area contributed by atoms with E-state index in [1.165, 1.54) is 26.2 Å². The summed E-state index contributed by atoms with van der Waals surface area (Å²) in [7, 11) is 0. The quantitative estimate of drug-likeness (QED) is 0.756. The molecule has 0 saturated carbocycles. The SMILES string of the molecule is CC(=O)CCC(=O)[O][Ir]. The Morgan fingerprint density at radius 1 is 1.44 bits per heavy atom. The maximum absolute atomic E-state index is 10.3. The first-order chi connectivity index (χ1) is 4.16. The van der Waals surface area contributed by atoms with Crippen LogP contribution in [0.1, 0.15) is 19.8 Å². The van der Waals surface area contributed by atoms with Gasteiger partial charge in [0, 0.05) is 0 Å². The second-order valence-corrected chi connectivity index (χ2v) is 2.13. The van der Waals surface area contributed by atoms with Crippen LogP contribution in [0.25, 0.3) is 0 Å². The van der Waals surface area contributed by atoms with Crippen LogP contribution >= 0.6 is 0 Å². The summed E-state index contributed by atoms with van der Waals surface area (Å²) in [6.45, 7) is 1.45. The van der Waals surface area contributed by atoms with Gasteiger partial charge in [-0.1, -0.05) is 0 Å². The van der Waals surface area contributed by atoms with E-state index in [2.05, 4.69) is 3.50 Å². The minimum atomic E-state index is -0.329. The first-order valence-electron chi connectivity index (χ1n) is 2.46. The Hall–Kier alpha value is -0.211. The van der Waals surface area contributed by atoms with Crippen LogP contribution in [0.4, 0.5) is 0 Å². The van der Waals surface area contributed by atoms with E-state index in [0.717, 1.165) is 0 Å². The number of carbonyl (C=O) groups is 2. The van der Waals surface area contributed by atoms with Gasteiger partial charge in [0.05, 0.1) is 0 Å². The Kier molecular flexibility index (Phi) is 4.54. The van der Waals surface area contributed by atoms with Crippen LogP contribution < -0.4 is 0 Å². The van der Waals surface area contributed by atoms with Gasteiger partial charge < -0.3 is 0 Å². The maximum atomic E-state index is 10.3. The Balaban J connectivity index is 3.28. The van der Waals surface area contributed by atoms with Gasteiger partial charge in [0.25, 0.3) is 0 Å². The first-order valence-corrected chi connectivity index (χ1v) is 3.43. The monoisotopic (exact) mass is 308 g/mol. The molecule has 0 spiro atoms.